The van der Waals surface area contributed by atoms with Gasteiger partial charge in [-0.1, -0.05) is 11.6 Å². The summed E-state index contributed by atoms with van der Waals surface area (Å²) in [4.78, 5) is 24.5. The zero-order valence-electron chi connectivity index (χ0n) is 15.2. The molecule has 1 aromatic carbocycles. The lowest BCUT2D eigenvalue weighted by Gasteiger charge is -2.16. The van der Waals surface area contributed by atoms with E-state index in [2.05, 4.69) is 5.32 Å². The number of carbonyl (C=O) groups is 1. The Morgan fingerprint density at radius 1 is 1.21 bits per heavy atom. The Labute approximate surface area is 167 Å². The number of benzene rings is 1. The van der Waals surface area contributed by atoms with Gasteiger partial charge in [-0.2, -0.15) is 4.31 Å². The monoisotopic (exact) mass is 425 g/mol. The minimum Gasteiger partial charge on any atom is -0.495 e. The fraction of sp³-hybridized carbons (Fsp3) is 0.333. The van der Waals surface area contributed by atoms with Crippen LogP contribution < -0.4 is 15.6 Å². The average molecular weight is 426 g/mol. The number of hydrogen-bond donors (Lipinski definition) is 1. The zero-order chi connectivity index (χ0) is 20.3. The van der Waals surface area contributed by atoms with E-state index in [-0.39, 0.29) is 11.4 Å². The second kappa shape index (κ2) is 8.34. The molecule has 0 unspecified atom stereocenters. The molecule has 8 nitrogen and oxygen atoms in total. The van der Waals surface area contributed by atoms with Crippen molar-refractivity contribution in [2.75, 3.05) is 25.5 Å². The van der Waals surface area contributed by atoms with Crippen LogP contribution in [0.25, 0.3) is 0 Å². The van der Waals surface area contributed by atoms with Crippen molar-refractivity contribution in [2.24, 2.45) is 0 Å². The van der Waals surface area contributed by atoms with E-state index in [4.69, 9.17) is 16.3 Å². The van der Waals surface area contributed by atoms with Crippen LogP contribution in [0.5, 0.6) is 5.75 Å². The number of amides is 1. The molecule has 150 valence electrons. The summed E-state index contributed by atoms with van der Waals surface area (Å²) in [6.45, 7) is 0.560. The molecular formula is C18H20ClN3O5S. The Morgan fingerprint density at radius 2 is 1.93 bits per heavy atom. The third-order valence-corrected chi connectivity index (χ3v) is 6.53. The lowest BCUT2D eigenvalue weighted by molar-refractivity contribution is -0.116. The normalized spacial score (nSPS) is 14.8. The van der Waals surface area contributed by atoms with Crippen LogP contribution in [0, 0.1) is 0 Å². The van der Waals surface area contributed by atoms with E-state index in [1.54, 1.807) is 12.1 Å². The van der Waals surface area contributed by atoms with Gasteiger partial charge in [0.25, 0.3) is 5.56 Å². The molecule has 1 aromatic heterocycles. The first-order valence-corrected chi connectivity index (χ1v) is 10.5. The Balaban J connectivity index is 1.82. The largest absolute Gasteiger partial charge is 0.495 e. The maximum Gasteiger partial charge on any atom is 0.251 e. The zero-order valence-corrected chi connectivity index (χ0v) is 16.8. The summed E-state index contributed by atoms with van der Waals surface area (Å²) in [6.07, 6.45) is 2.82. The Kier molecular flexibility index (Phi) is 6.07. The number of pyridine rings is 1. The van der Waals surface area contributed by atoms with Crippen LogP contribution in [0.3, 0.4) is 0 Å². The van der Waals surface area contributed by atoms with Crippen LogP contribution in [0.4, 0.5) is 5.69 Å². The molecule has 1 fully saturated rings. The van der Waals surface area contributed by atoms with Crippen molar-refractivity contribution in [1.82, 2.24) is 8.87 Å². The summed E-state index contributed by atoms with van der Waals surface area (Å²) in [7, 11) is -2.23. The van der Waals surface area contributed by atoms with E-state index in [0.717, 1.165) is 23.5 Å². The standard InChI is InChI=1S/C18H20ClN3O5S/c1-27-16-6-4-13(19)10-15(16)20-17(23)12-21-11-14(5-7-18(21)24)28(25,26)22-8-2-3-9-22/h4-7,10-11H,2-3,8-9,12H2,1H3,(H,20,23). The molecule has 0 atom stereocenters. The van der Waals surface area contributed by atoms with Gasteiger partial charge in [0, 0.05) is 30.4 Å². The van der Waals surface area contributed by atoms with Crippen molar-refractivity contribution < 1.29 is 17.9 Å². The number of anilines is 1. The lowest BCUT2D eigenvalue weighted by atomic mass is 10.3. The van der Waals surface area contributed by atoms with E-state index < -0.39 is 21.5 Å². The van der Waals surface area contributed by atoms with Gasteiger partial charge in [-0.15, -0.1) is 0 Å². The van der Waals surface area contributed by atoms with Crippen molar-refractivity contribution in [1.29, 1.82) is 0 Å². The SMILES string of the molecule is COc1ccc(Cl)cc1NC(=O)Cn1cc(S(=O)(=O)N2CCCC2)ccc1=O. The highest BCUT2D eigenvalue weighted by molar-refractivity contribution is 7.89. The predicted octanol–water partition coefficient (Wildman–Crippen LogP) is 1.93. The molecule has 1 saturated heterocycles. The average Bonchev–Trinajstić information content (AvgIpc) is 3.19. The summed E-state index contributed by atoms with van der Waals surface area (Å²) in [5.74, 6) is -0.103. The summed E-state index contributed by atoms with van der Waals surface area (Å²) in [5.41, 5.74) is -0.123. The van der Waals surface area contributed by atoms with Gasteiger partial charge in [0.2, 0.25) is 15.9 Å². The number of hydrogen-bond acceptors (Lipinski definition) is 5. The summed E-state index contributed by atoms with van der Waals surface area (Å²) in [6, 6.07) is 7.16. The molecule has 1 amide bonds. The highest BCUT2D eigenvalue weighted by Gasteiger charge is 2.27. The Hall–Kier alpha value is -2.36. The molecule has 2 heterocycles. The number of aromatic nitrogens is 1. The first-order valence-electron chi connectivity index (χ1n) is 8.65. The van der Waals surface area contributed by atoms with Gasteiger partial charge < -0.3 is 14.6 Å². The molecule has 0 radical (unpaired) electrons. The molecule has 1 N–H and O–H groups in total. The van der Waals surface area contributed by atoms with Gasteiger partial charge >= 0.3 is 0 Å². The minimum atomic E-state index is -3.68. The van der Waals surface area contributed by atoms with Crippen molar-refractivity contribution in [3.63, 3.8) is 0 Å². The van der Waals surface area contributed by atoms with E-state index >= 15 is 0 Å². The molecule has 10 heteroatoms. The third kappa shape index (κ3) is 4.37. The van der Waals surface area contributed by atoms with E-state index in [9.17, 15) is 18.0 Å². The number of nitrogens with one attached hydrogen (secondary N) is 1. The molecule has 0 bridgehead atoms. The van der Waals surface area contributed by atoms with Gasteiger partial charge in [0.15, 0.2) is 0 Å². The van der Waals surface area contributed by atoms with Crippen LogP contribution in [-0.4, -0.2) is 43.4 Å². The molecule has 0 aliphatic carbocycles. The molecule has 2 aromatic rings. The highest BCUT2D eigenvalue weighted by Crippen LogP contribution is 2.27. The second-order valence-corrected chi connectivity index (χ2v) is 8.71. The fourth-order valence-electron chi connectivity index (χ4n) is 2.99. The molecule has 28 heavy (non-hydrogen) atoms. The molecular weight excluding hydrogens is 406 g/mol. The summed E-state index contributed by atoms with van der Waals surface area (Å²) < 4.78 is 33.0. The van der Waals surface area contributed by atoms with Crippen molar-refractivity contribution in [3.8, 4) is 5.75 Å². The minimum absolute atomic E-state index is 0.0119. The fourth-order valence-corrected chi connectivity index (χ4v) is 4.70. The van der Waals surface area contributed by atoms with Gasteiger partial charge in [-0.05, 0) is 37.1 Å². The molecule has 1 aliphatic rings. The number of sulfonamides is 1. The number of nitrogens with zero attached hydrogens (tertiary/aromatic N) is 2. The smallest absolute Gasteiger partial charge is 0.251 e. The second-order valence-electron chi connectivity index (χ2n) is 6.33. The lowest BCUT2D eigenvalue weighted by Crippen LogP contribution is -2.31. The number of ether oxygens (including phenoxy) is 1. The maximum absolute atomic E-state index is 12.7. The van der Waals surface area contributed by atoms with Gasteiger partial charge in [-0.25, -0.2) is 8.42 Å². The first kappa shape index (κ1) is 20.4. The van der Waals surface area contributed by atoms with Crippen molar-refractivity contribution >= 4 is 33.2 Å². The Morgan fingerprint density at radius 3 is 2.61 bits per heavy atom. The van der Waals surface area contributed by atoms with Gasteiger partial charge in [0.05, 0.1) is 17.7 Å². The van der Waals surface area contributed by atoms with Gasteiger partial charge in [-0.3, -0.25) is 9.59 Å². The maximum atomic E-state index is 12.7. The van der Waals surface area contributed by atoms with Gasteiger partial charge in [0.1, 0.15) is 12.3 Å². The van der Waals surface area contributed by atoms with Crippen LogP contribution >= 0.6 is 11.6 Å². The predicted molar refractivity (Wildman–Crippen MR) is 105 cm³/mol. The summed E-state index contributed by atoms with van der Waals surface area (Å²) >= 11 is 5.94. The van der Waals surface area contributed by atoms with Crippen LogP contribution in [0.2, 0.25) is 5.02 Å². The Bertz CT molecular complexity index is 1050. The molecule has 3 rings (SSSR count). The molecule has 0 spiro atoms. The number of rotatable bonds is 6. The number of methoxy groups -OCH3 is 1. The van der Waals surface area contributed by atoms with Crippen molar-refractivity contribution in [3.05, 3.63) is 51.9 Å². The molecule has 0 saturated carbocycles. The summed E-state index contributed by atoms with van der Waals surface area (Å²) in [5, 5.41) is 3.03. The van der Waals surface area contributed by atoms with Crippen LogP contribution in [-0.2, 0) is 21.4 Å². The van der Waals surface area contributed by atoms with E-state index in [0.29, 0.717) is 29.5 Å². The number of halogens is 1. The van der Waals surface area contributed by atoms with E-state index in [1.165, 1.54) is 29.7 Å². The van der Waals surface area contributed by atoms with Crippen LogP contribution in [0.15, 0.2) is 46.2 Å². The highest BCUT2D eigenvalue weighted by atomic mass is 35.5. The van der Waals surface area contributed by atoms with Crippen LogP contribution in [0.1, 0.15) is 12.8 Å². The third-order valence-electron chi connectivity index (χ3n) is 4.41. The van der Waals surface area contributed by atoms with Crippen molar-refractivity contribution in [2.45, 2.75) is 24.3 Å². The quantitative estimate of drug-likeness (QED) is 0.762. The topological polar surface area (TPSA) is 97.7 Å². The number of carbonyl (C=O) groups excluding carboxylic acids is 1. The van der Waals surface area contributed by atoms with E-state index in [1.807, 2.05) is 0 Å². The molecule has 1 aliphatic heterocycles. The first-order chi connectivity index (χ1) is 13.3.